The van der Waals surface area contributed by atoms with Crippen LogP contribution in [0.5, 0.6) is 0 Å². The van der Waals surface area contributed by atoms with Crippen molar-refractivity contribution >= 4 is 22.5 Å². The number of thiazole rings is 1. The number of anilines is 1. The number of aryl methyl sites for hydroxylation is 1. The molecular formula is C14H16FN3O2S. The zero-order chi connectivity index (χ0) is 15.2. The van der Waals surface area contributed by atoms with Crippen LogP contribution in [0.1, 0.15) is 24.3 Å². The van der Waals surface area contributed by atoms with Gasteiger partial charge in [-0.3, -0.25) is 5.32 Å². The molecule has 0 saturated carbocycles. The zero-order valence-electron chi connectivity index (χ0n) is 11.5. The van der Waals surface area contributed by atoms with E-state index in [-0.39, 0.29) is 12.4 Å². The molecule has 1 atom stereocenters. The normalized spacial score (nSPS) is 12.0. The Labute approximate surface area is 125 Å². The molecule has 2 rings (SSSR count). The van der Waals surface area contributed by atoms with E-state index in [1.807, 2.05) is 12.3 Å². The molecule has 0 aliphatic heterocycles. The van der Waals surface area contributed by atoms with Gasteiger partial charge in [-0.2, -0.15) is 0 Å². The van der Waals surface area contributed by atoms with Gasteiger partial charge in [0.1, 0.15) is 5.82 Å². The summed E-state index contributed by atoms with van der Waals surface area (Å²) in [6.45, 7) is 2.02. The van der Waals surface area contributed by atoms with Gasteiger partial charge in [-0.1, -0.05) is 19.1 Å². The van der Waals surface area contributed by atoms with E-state index in [0.717, 1.165) is 12.1 Å². The fourth-order valence-corrected chi connectivity index (χ4v) is 2.45. The minimum Gasteiger partial charge on any atom is -0.387 e. The first-order chi connectivity index (χ1) is 10.1. The van der Waals surface area contributed by atoms with E-state index in [1.54, 1.807) is 0 Å². The highest BCUT2D eigenvalue weighted by Gasteiger charge is 2.10. The molecule has 112 valence electrons. The first-order valence-electron chi connectivity index (χ1n) is 6.51. The maximum absolute atomic E-state index is 12.8. The van der Waals surface area contributed by atoms with E-state index in [1.165, 1.54) is 35.6 Å². The Balaban J connectivity index is 1.81. The number of carbonyl (C=O) groups excluding carboxylic acids is 1. The lowest BCUT2D eigenvalue weighted by atomic mass is 10.1. The summed E-state index contributed by atoms with van der Waals surface area (Å²) in [5.74, 6) is -0.368. The lowest BCUT2D eigenvalue weighted by molar-refractivity contribution is 0.175. The minimum atomic E-state index is -0.890. The fraction of sp³-hybridized carbons (Fsp3) is 0.286. The Hall–Kier alpha value is -1.99. The second-order valence-electron chi connectivity index (χ2n) is 4.40. The number of amides is 2. The second-order valence-corrected chi connectivity index (χ2v) is 5.26. The Bertz CT molecular complexity index is 601. The van der Waals surface area contributed by atoms with Gasteiger partial charge < -0.3 is 10.4 Å². The maximum atomic E-state index is 12.8. The molecule has 0 aliphatic carbocycles. The molecular weight excluding hydrogens is 293 g/mol. The highest BCUT2D eigenvalue weighted by Crippen LogP contribution is 2.16. The molecule has 1 aromatic heterocycles. The van der Waals surface area contributed by atoms with Crippen LogP contribution in [-0.4, -0.2) is 22.7 Å². The highest BCUT2D eigenvalue weighted by molar-refractivity contribution is 7.13. The van der Waals surface area contributed by atoms with Crippen LogP contribution in [0.3, 0.4) is 0 Å². The monoisotopic (exact) mass is 309 g/mol. The van der Waals surface area contributed by atoms with Crippen molar-refractivity contribution in [2.75, 3.05) is 11.9 Å². The van der Waals surface area contributed by atoms with Crippen molar-refractivity contribution in [1.82, 2.24) is 10.3 Å². The van der Waals surface area contributed by atoms with Crippen LogP contribution in [0.25, 0.3) is 0 Å². The molecule has 21 heavy (non-hydrogen) atoms. The third-order valence-electron chi connectivity index (χ3n) is 2.85. The Morgan fingerprint density at radius 1 is 1.43 bits per heavy atom. The number of aliphatic hydroxyl groups is 1. The molecule has 2 amide bonds. The largest absolute Gasteiger partial charge is 0.387 e. The van der Waals surface area contributed by atoms with E-state index in [2.05, 4.69) is 15.6 Å². The van der Waals surface area contributed by atoms with Gasteiger partial charge in [0.05, 0.1) is 11.8 Å². The molecule has 2 aromatic rings. The smallest absolute Gasteiger partial charge is 0.321 e. The van der Waals surface area contributed by atoms with Crippen molar-refractivity contribution < 1.29 is 14.3 Å². The van der Waals surface area contributed by atoms with Crippen LogP contribution >= 0.6 is 11.3 Å². The van der Waals surface area contributed by atoms with E-state index in [4.69, 9.17) is 0 Å². The molecule has 7 heteroatoms. The predicted octanol–water partition coefficient (Wildman–Crippen LogP) is 2.70. The second kappa shape index (κ2) is 7.14. The van der Waals surface area contributed by atoms with E-state index >= 15 is 0 Å². The number of halogens is 1. The number of benzene rings is 1. The fourth-order valence-electron chi connectivity index (χ4n) is 1.66. The molecule has 0 bridgehead atoms. The summed E-state index contributed by atoms with van der Waals surface area (Å²) in [4.78, 5) is 15.9. The molecule has 0 saturated heterocycles. The van der Waals surface area contributed by atoms with Crippen LogP contribution in [0, 0.1) is 5.82 Å². The Kier molecular flexibility index (Phi) is 5.24. The molecule has 0 fully saturated rings. The lowest BCUT2D eigenvalue weighted by Gasteiger charge is -2.12. The number of nitrogens with zero attached hydrogens (tertiary/aromatic N) is 1. The Morgan fingerprint density at radius 2 is 2.14 bits per heavy atom. The van der Waals surface area contributed by atoms with Gasteiger partial charge in [0, 0.05) is 11.9 Å². The first kappa shape index (κ1) is 15.4. The molecule has 0 spiro atoms. The van der Waals surface area contributed by atoms with Gasteiger partial charge in [-0.25, -0.2) is 14.2 Å². The predicted molar refractivity (Wildman–Crippen MR) is 79.9 cm³/mol. The van der Waals surface area contributed by atoms with Gasteiger partial charge in [0.15, 0.2) is 5.13 Å². The number of nitrogens with one attached hydrogen (secondary N) is 2. The average Bonchev–Trinajstić information content (AvgIpc) is 2.93. The third kappa shape index (κ3) is 4.51. The summed E-state index contributed by atoms with van der Waals surface area (Å²) >= 11 is 1.35. The summed E-state index contributed by atoms with van der Waals surface area (Å²) in [6.07, 6.45) is -0.0813. The number of hydrogen-bond acceptors (Lipinski definition) is 4. The molecule has 1 aromatic carbocycles. The molecule has 1 heterocycles. The van der Waals surface area contributed by atoms with Gasteiger partial charge in [0.2, 0.25) is 0 Å². The van der Waals surface area contributed by atoms with Crippen molar-refractivity contribution in [1.29, 1.82) is 0 Å². The SMILES string of the molecule is CCc1csc(NC(=O)NCC(O)c2ccc(F)cc2)n1. The van der Waals surface area contributed by atoms with E-state index < -0.39 is 12.1 Å². The average molecular weight is 309 g/mol. The van der Waals surface area contributed by atoms with Gasteiger partial charge in [-0.05, 0) is 24.1 Å². The van der Waals surface area contributed by atoms with Crippen LogP contribution in [0.15, 0.2) is 29.6 Å². The maximum Gasteiger partial charge on any atom is 0.321 e. The molecule has 0 aliphatic rings. The summed E-state index contributed by atoms with van der Waals surface area (Å²) in [6, 6.07) is 5.05. The molecule has 5 nitrogen and oxygen atoms in total. The van der Waals surface area contributed by atoms with E-state index in [0.29, 0.717) is 10.7 Å². The van der Waals surface area contributed by atoms with E-state index in [9.17, 15) is 14.3 Å². The van der Waals surface area contributed by atoms with Crippen molar-refractivity contribution in [2.24, 2.45) is 0 Å². The third-order valence-corrected chi connectivity index (χ3v) is 3.65. The Morgan fingerprint density at radius 3 is 2.76 bits per heavy atom. The quantitative estimate of drug-likeness (QED) is 0.795. The summed E-state index contributed by atoms with van der Waals surface area (Å²) in [5, 5.41) is 17.4. The zero-order valence-corrected chi connectivity index (χ0v) is 12.3. The van der Waals surface area contributed by atoms with Crippen LogP contribution in [0.2, 0.25) is 0 Å². The lowest BCUT2D eigenvalue weighted by Crippen LogP contribution is -2.32. The first-order valence-corrected chi connectivity index (χ1v) is 7.39. The number of aromatic nitrogens is 1. The van der Waals surface area contributed by atoms with Crippen molar-refractivity contribution in [3.05, 3.63) is 46.7 Å². The van der Waals surface area contributed by atoms with Gasteiger partial charge >= 0.3 is 6.03 Å². The van der Waals surface area contributed by atoms with Crippen LogP contribution < -0.4 is 10.6 Å². The van der Waals surface area contributed by atoms with Crippen LogP contribution in [-0.2, 0) is 6.42 Å². The number of rotatable bonds is 5. The molecule has 1 unspecified atom stereocenters. The standard InChI is InChI=1S/C14H16FN3O2S/c1-2-11-8-21-14(17-11)18-13(20)16-7-12(19)9-3-5-10(15)6-4-9/h3-6,8,12,19H,2,7H2,1H3,(H2,16,17,18,20). The van der Waals surface area contributed by atoms with Gasteiger partial charge in [-0.15, -0.1) is 11.3 Å². The molecule has 0 radical (unpaired) electrons. The topological polar surface area (TPSA) is 74.2 Å². The van der Waals surface area contributed by atoms with Gasteiger partial charge in [0.25, 0.3) is 0 Å². The number of hydrogen-bond donors (Lipinski definition) is 3. The summed E-state index contributed by atoms with van der Waals surface area (Å²) in [7, 11) is 0. The highest BCUT2D eigenvalue weighted by atomic mass is 32.1. The number of urea groups is 1. The molecule has 3 N–H and O–H groups in total. The minimum absolute atomic E-state index is 0.0312. The van der Waals surface area contributed by atoms with Crippen molar-refractivity contribution in [3.63, 3.8) is 0 Å². The number of aliphatic hydroxyl groups excluding tert-OH is 1. The van der Waals surface area contributed by atoms with Crippen molar-refractivity contribution in [2.45, 2.75) is 19.4 Å². The summed E-state index contributed by atoms with van der Waals surface area (Å²) < 4.78 is 12.8. The summed E-state index contributed by atoms with van der Waals surface area (Å²) in [5.41, 5.74) is 1.46. The van der Waals surface area contributed by atoms with Crippen LogP contribution in [0.4, 0.5) is 14.3 Å². The number of carbonyl (C=O) groups is 1. The van der Waals surface area contributed by atoms with Crippen molar-refractivity contribution in [3.8, 4) is 0 Å².